The molecule has 134 valence electrons. The molecule has 3 rings (SSSR count). The van der Waals surface area contributed by atoms with E-state index in [1.54, 1.807) is 0 Å². The van der Waals surface area contributed by atoms with Crippen molar-refractivity contribution < 1.29 is 9.26 Å². The van der Waals surface area contributed by atoms with Gasteiger partial charge in [-0.3, -0.25) is 4.99 Å². The van der Waals surface area contributed by atoms with Gasteiger partial charge in [0.25, 0.3) is 5.89 Å². The number of benzene rings is 1. The number of hydrogen-bond acceptors (Lipinski definition) is 5. The van der Waals surface area contributed by atoms with E-state index in [9.17, 15) is 0 Å². The predicted molar refractivity (Wildman–Crippen MR) is 96.3 cm³/mol. The minimum absolute atomic E-state index is 0.202. The molecule has 0 aliphatic carbocycles. The van der Waals surface area contributed by atoms with Crippen molar-refractivity contribution in [3.63, 3.8) is 0 Å². The van der Waals surface area contributed by atoms with Crippen LogP contribution >= 0.6 is 0 Å². The fraction of sp³-hybridized carbons (Fsp3) is 0.500. The smallest absolute Gasteiger partial charge is 0.257 e. The molecule has 2 heterocycles. The Hall–Kier alpha value is -2.41. The van der Waals surface area contributed by atoms with Gasteiger partial charge in [-0.1, -0.05) is 24.2 Å². The fourth-order valence-corrected chi connectivity index (χ4v) is 2.75. The van der Waals surface area contributed by atoms with Crippen molar-refractivity contribution in [3.05, 3.63) is 35.7 Å². The highest BCUT2D eigenvalue weighted by atomic mass is 16.5. The number of aromatic nitrogens is 2. The van der Waals surface area contributed by atoms with E-state index in [-0.39, 0.29) is 6.10 Å². The van der Waals surface area contributed by atoms with Gasteiger partial charge < -0.3 is 19.9 Å². The number of ether oxygens (including phenoxy) is 1. The van der Waals surface area contributed by atoms with Gasteiger partial charge in [-0.2, -0.15) is 4.98 Å². The van der Waals surface area contributed by atoms with E-state index in [0.29, 0.717) is 25.0 Å². The first-order valence-electron chi connectivity index (χ1n) is 8.74. The number of guanidine groups is 1. The number of morpholine rings is 1. The van der Waals surface area contributed by atoms with Gasteiger partial charge in [-0.05, 0) is 31.0 Å². The number of hydrogen-bond donors (Lipinski definition) is 1. The van der Waals surface area contributed by atoms with Gasteiger partial charge in [-0.15, -0.1) is 0 Å². The molecule has 7 nitrogen and oxygen atoms in total. The van der Waals surface area contributed by atoms with E-state index < -0.39 is 0 Å². The van der Waals surface area contributed by atoms with Crippen molar-refractivity contribution in [2.75, 3.05) is 26.2 Å². The van der Waals surface area contributed by atoms with Gasteiger partial charge in [0.15, 0.2) is 11.8 Å². The summed E-state index contributed by atoms with van der Waals surface area (Å²) < 4.78 is 10.8. The molecule has 1 fully saturated rings. The van der Waals surface area contributed by atoms with Crippen LogP contribution < -0.4 is 5.73 Å². The molecule has 0 bridgehead atoms. The van der Waals surface area contributed by atoms with Gasteiger partial charge in [0, 0.05) is 31.6 Å². The molecule has 7 heteroatoms. The van der Waals surface area contributed by atoms with Gasteiger partial charge in [-0.25, -0.2) is 0 Å². The van der Waals surface area contributed by atoms with Crippen LogP contribution in [0.3, 0.4) is 0 Å². The zero-order valence-electron chi connectivity index (χ0n) is 14.8. The van der Waals surface area contributed by atoms with Crippen molar-refractivity contribution in [3.8, 4) is 11.5 Å². The van der Waals surface area contributed by atoms with Crippen molar-refractivity contribution in [2.45, 2.75) is 32.8 Å². The Balaban J connectivity index is 1.54. The fourth-order valence-electron chi connectivity index (χ4n) is 2.75. The van der Waals surface area contributed by atoms with Crippen molar-refractivity contribution in [2.24, 2.45) is 10.7 Å². The summed E-state index contributed by atoms with van der Waals surface area (Å²) in [6.07, 6.45) is 1.81. The van der Waals surface area contributed by atoms with E-state index in [1.807, 2.05) is 26.0 Å². The van der Waals surface area contributed by atoms with Crippen LogP contribution in [0, 0.1) is 0 Å². The van der Waals surface area contributed by atoms with Crippen LogP contribution in [0.1, 0.15) is 25.2 Å². The molecule has 25 heavy (non-hydrogen) atoms. The maximum absolute atomic E-state index is 6.08. The van der Waals surface area contributed by atoms with E-state index in [2.05, 4.69) is 32.2 Å². The number of aliphatic imine (C=N–C) groups is 1. The molecule has 0 spiro atoms. The summed E-state index contributed by atoms with van der Waals surface area (Å²) in [5.41, 5.74) is 8.21. The standard InChI is InChI=1S/C18H25N5O2/c1-3-16-21-17(25-22-16)15-6-4-14(5-7-15)8-9-20-18(19)23-10-11-24-13(2)12-23/h4-7,13H,3,8-12H2,1-2H3,(H2,19,20). The molecule has 2 aromatic rings. The zero-order valence-corrected chi connectivity index (χ0v) is 14.8. The normalized spacial score (nSPS) is 18.6. The first-order valence-corrected chi connectivity index (χ1v) is 8.74. The maximum atomic E-state index is 6.08. The first kappa shape index (κ1) is 17.4. The molecule has 1 aliphatic heterocycles. The third kappa shape index (κ3) is 4.57. The SMILES string of the molecule is CCc1noc(-c2ccc(CCN=C(N)N3CCOC(C)C3)cc2)n1. The summed E-state index contributed by atoms with van der Waals surface area (Å²) in [6.45, 7) is 7.02. The van der Waals surface area contributed by atoms with Crippen molar-refractivity contribution in [1.29, 1.82) is 0 Å². The van der Waals surface area contributed by atoms with Crippen molar-refractivity contribution >= 4 is 5.96 Å². The lowest BCUT2D eigenvalue weighted by Gasteiger charge is -2.31. The molecule has 1 saturated heterocycles. The lowest BCUT2D eigenvalue weighted by atomic mass is 10.1. The summed E-state index contributed by atoms with van der Waals surface area (Å²) >= 11 is 0. The molecular weight excluding hydrogens is 318 g/mol. The van der Waals surface area contributed by atoms with Crippen LogP contribution in [0.4, 0.5) is 0 Å². The van der Waals surface area contributed by atoms with Crippen LogP contribution in [0.25, 0.3) is 11.5 Å². The van der Waals surface area contributed by atoms with E-state index in [0.717, 1.165) is 37.3 Å². The van der Waals surface area contributed by atoms with Crippen LogP contribution in [-0.4, -0.2) is 53.3 Å². The minimum atomic E-state index is 0.202. The second-order valence-electron chi connectivity index (χ2n) is 6.18. The minimum Gasteiger partial charge on any atom is -0.375 e. The predicted octanol–water partition coefficient (Wildman–Crippen LogP) is 1.88. The molecule has 2 N–H and O–H groups in total. The quantitative estimate of drug-likeness (QED) is 0.658. The van der Waals surface area contributed by atoms with Gasteiger partial charge >= 0.3 is 0 Å². The van der Waals surface area contributed by atoms with E-state index >= 15 is 0 Å². The molecule has 0 amide bonds. The van der Waals surface area contributed by atoms with E-state index in [1.165, 1.54) is 5.56 Å². The lowest BCUT2D eigenvalue weighted by Crippen LogP contribution is -2.47. The summed E-state index contributed by atoms with van der Waals surface area (Å²) in [5.74, 6) is 1.89. The van der Waals surface area contributed by atoms with Crippen LogP contribution in [0.2, 0.25) is 0 Å². The van der Waals surface area contributed by atoms with Crippen LogP contribution in [0.5, 0.6) is 0 Å². The topological polar surface area (TPSA) is 89.8 Å². The first-order chi connectivity index (χ1) is 12.2. The molecule has 1 atom stereocenters. The summed E-state index contributed by atoms with van der Waals surface area (Å²) in [5, 5.41) is 3.92. The summed E-state index contributed by atoms with van der Waals surface area (Å²) in [6, 6.07) is 8.12. The van der Waals surface area contributed by atoms with Gasteiger partial charge in [0.05, 0.1) is 12.7 Å². The van der Waals surface area contributed by atoms with Crippen LogP contribution in [0.15, 0.2) is 33.8 Å². The average Bonchev–Trinajstić information content (AvgIpc) is 3.11. The molecule has 1 aliphatic rings. The second kappa shape index (κ2) is 8.11. The molecular formula is C18H25N5O2. The number of aryl methyl sites for hydroxylation is 1. The largest absolute Gasteiger partial charge is 0.375 e. The number of nitrogens with two attached hydrogens (primary N) is 1. The zero-order chi connectivity index (χ0) is 17.6. The van der Waals surface area contributed by atoms with Gasteiger partial charge in [0.1, 0.15) is 0 Å². The molecule has 0 saturated carbocycles. The maximum Gasteiger partial charge on any atom is 0.257 e. The Morgan fingerprint density at radius 3 is 2.84 bits per heavy atom. The highest BCUT2D eigenvalue weighted by Gasteiger charge is 2.17. The van der Waals surface area contributed by atoms with Gasteiger partial charge in [0.2, 0.25) is 0 Å². The Kier molecular flexibility index (Phi) is 5.65. The Bertz CT molecular complexity index is 711. The average molecular weight is 343 g/mol. The Labute approximate surface area is 147 Å². The summed E-state index contributed by atoms with van der Waals surface area (Å²) in [7, 11) is 0. The third-order valence-electron chi connectivity index (χ3n) is 4.22. The van der Waals surface area contributed by atoms with E-state index in [4.69, 9.17) is 15.0 Å². The summed E-state index contributed by atoms with van der Waals surface area (Å²) in [4.78, 5) is 10.9. The Morgan fingerprint density at radius 2 is 2.16 bits per heavy atom. The Morgan fingerprint density at radius 1 is 1.36 bits per heavy atom. The molecule has 1 unspecified atom stereocenters. The molecule has 0 radical (unpaired) electrons. The van der Waals surface area contributed by atoms with Crippen molar-refractivity contribution in [1.82, 2.24) is 15.0 Å². The number of rotatable bonds is 5. The molecule has 1 aromatic carbocycles. The van der Waals surface area contributed by atoms with Crippen LogP contribution in [-0.2, 0) is 17.6 Å². The monoisotopic (exact) mass is 343 g/mol. The lowest BCUT2D eigenvalue weighted by molar-refractivity contribution is 0.00530. The second-order valence-corrected chi connectivity index (χ2v) is 6.18. The number of nitrogens with zero attached hydrogens (tertiary/aromatic N) is 4. The highest BCUT2D eigenvalue weighted by Crippen LogP contribution is 2.18. The highest BCUT2D eigenvalue weighted by molar-refractivity contribution is 5.78. The third-order valence-corrected chi connectivity index (χ3v) is 4.22. The molecule has 1 aromatic heterocycles.